The fourth-order valence-electron chi connectivity index (χ4n) is 2.96. The molecule has 1 aliphatic rings. The highest BCUT2D eigenvalue weighted by Gasteiger charge is 2.25. The second-order valence-corrected chi connectivity index (χ2v) is 6.74. The first-order valence-corrected chi connectivity index (χ1v) is 8.69. The number of amides is 2. The third-order valence-corrected chi connectivity index (χ3v) is 4.39. The van der Waals surface area contributed by atoms with Crippen molar-refractivity contribution in [3.63, 3.8) is 0 Å². The normalized spacial score (nSPS) is 13.0. The van der Waals surface area contributed by atoms with Gasteiger partial charge >= 0.3 is 0 Å². The summed E-state index contributed by atoms with van der Waals surface area (Å²) in [7, 11) is 0. The number of para-hydroxylation sites is 1. The molecule has 0 spiro atoms. The predicted molar refractivity (Wildman–Crippen MR) is 97.8 cm³/mol. The molecule has 0 fully saturated rings. The minimum Gasteiger partial charge on any atom is -0.352 e. The van der Waals surface area contributed by atoms with Gasteiger partial charge in [-0.05, 0) is 36.5 Å². The first-order chi connectivity index (χ1) is 12.1. The topological polar surface area (TPSA) is 62.3 Å². The Morgan fingerprint density at radius 2 is 1.96 bits per heavy atom. The number of anilines is 1. The number of rotatable bonds is 5. The van der Waals surface area contributed by atoms with Crippen LogP contribution in [0.3, 0.4) is 0 Å². The summed E-state index contributed by atoms with van der Waals surface area (Å²) >= 11 is 0. The van der Waals surface area contributed by atoms with Crippen LogP contribution in [0.25, 0.3) is 0 Å². The van der Waals surface area contributed by atoms with E-state index < -0.39 is 0 Å². The Labute approximate surface area is 148 Å². The molecule has 2 aromatic rings. The summed E-state index contributed by atoms with van der Waals surface area (Å²) in [6.45, 7) is 5.50. The first kappa shape index (κ1) is 17.1. The number of hydrogen-bond acceptors (Lipinski definition) is 3. The lowest BCUT2D eigenvalue weighted by atomic mass is 10.1. The van der Waals surface area contributed by atoms with Gasteiger partial charge in [0.15, 0.2) is 0 Å². The smallest absolute Gasteiger partial charge is 0.259 e. The minimum atomic E-state index is -0.190. The van der Waals surface area contributed by atoms with Crippen LogP contribution >= 0.6 is 0 Å². The second-order valence-electron chi connectivity index (χ2n) is 6.74. The maximum absolute atomic E-state index is 12.8. The quantitative estimate of drug-likeness (QED) is 0.912. The van der Waals surface area contributed by atoms with Crippen LogP contribution in [0.1, 0.15) is 46.5 Å². The van der Waals surface area contributed by atoms with Gasteiger partial charge in [-0.1, -0.05) is 32.0 Å². The average molecular weight is 337 g/mol. The molecule has 5 heteroatoms. The van der Waals surface area contributed by atoms with E-state index >= 15 is 0 Å². The monoisotopic (exact) mass is 337 g/mol. The summed E-state index contributed by atoms with van der Waals surface area (Å²) in [5.74, 6) is 0.223. The molecule has 0 aliphatic carbocycles. The van der Waals surface area contributed by atoms with E-state index in [2.05, 4.69) is 24.1 Å². The van der Waals surface area contributed by atoms with Crippen LogP contribution in [-0.2, 0) is 6.42 Å². The van der Waals surface area contributed by atoms with Crippen molar-refractivity contribution < 1.29 is 9.59 Å². The Morgan fingerprint density at radius 3 is 2.76 bits per heavy atom. The molecule has 0 saturated carbocycles. The van der Waals surface area contributed by atoms with E-state index in [1.54, 1.807) is 11.0 Å². The lowest BCUT2D eigenvalue weighted by Crippen LogP contribution is -2.30. The van der Waals surface area contributed by atoms with Gasteiger partial charge in [0.25, 0.3) is 11.8 Å². The molecule has 1 N–H and O–H groups in total. The number of pyridine rings is 1. The summed E-state index contributed by atoms with van der Waals surface area (Å²) < 4.78 is 0. The van der Waals surface area contributed by atoms with Crippen LogP contribution in [0.15, 0.2) is 42.7 Å². The number of hydrogen-bond donors (Lipinski definition) is 1. The highest BCUT2D eigenvalue weighted by molar-refractivity contribution is 6.08. The fourth-order valence-corrected chi connectivity index (χ4v) is 2.96. The molecule has 2 heterocycles. The fraction of sp³-hybridized carbons (Fsp3) is 0.350. The van der Waals surface area contributed by atoms with Gasteiger partial charge in [0, 0.05) is 31.2 Å². The van der Waals surface area contributed by atoms with E-state index in [-0.39, 0.29) is 11.8 Å². The molecular weight excluding hydrogens is 314 g/mol. The minimum absolute atomic E-state index is 0.116. The maximum atomic E-state index is 12.8. The Morgan fingerprint density at radius 1 is 1.20 bits per heavy atom. The SMILES string of the molecule is CC(C)CCNC(=O)c1cncc(C(=O)N2CCc3ccccc32)c1. The van der Waals surface area contributed by atoms with Crippen LogP contribution in [0.2, 0.25) is 0 Å². The van der Waals surface area contributed by atoms with Crippen LogP contribution in [0, 0.1) is 5.92 Å². The number of benzene rings is 1. The van der Waals surface area contributed by atoms with Crippen molar-refractivity contribution in [3.05, 3.63) is 59.4 Å². The molecule has 130 valence electrons. The largest absolute Gasteiger partial charge is 0.352 e. The van der Waals surface area contributed by atoms with Gasteiger partial charge in [-0.15, -0.1) is 0 Å². The molecule has 5 nitrogen and oxygen atoms in total. The van der Waals surface area contributed by atoms with E-state index in [0.717, 1.165) is 18.5 Å². The third-order valence-electron chi connectivity index (χ3n) is 4.39. The summed E-state index contributed by atoms with van der Waals surface area (Å²) in [6, 6.07) is 9.54. The van der Waals surface area contributed by atoms with Crippen molar-refractivity contribution in [1.82, 2.24) is 10.3 Å². The number of fused-ring (bicyclic) bond motifs is 1. The van der Waals surface area contributed by atoms with Gasteiger partial charge in [0.05, 0.1) is 11.1 Å². The molecule has 1 aliphatic heterocycles. The second kappa shape index (κ2) is 7.47. The third kappa shape index (κ3) is 3.87. The van der Waals surface area contributed by atoms with Crippen molar-refractivity contribution in [2.24, 2.45) is 5.92 Å². The van der Waals surface area contributed by atoms with Gasteiger partial charge < -0.3 is 10.2 Å². The summed E-state index contributed by atoms with van der Waals surface area (Å²) in [6.07, 6.45) is 4.79. The molecule has 0 bridgehead atoms. The van der Waals surface area contributed by atoms with Crippen molar-refractivity contribution in [3.8, 4) is 0 Å². The predicted octanol–water partition coefficient (Wildman–Crippen LogP) is 3.06. The zero-order valence-corrected chi connectivity index (χ0v) is 14.7. The molecule has 1 aromatic heterocycles. The standard InChI is InChI=1S/C20H23N3O2/c1-14(2)7-9-22-19(24)16-11-17(13-21-12-16)20(25)23-10-8-15-5-3-4-6-18(15)23/h3-6,11-14H,7-10H2,1-2H3,(H,22,24). The van der Waals surface area contributed by atoms with Crippen LogP contribution < -0.4 is 10.2 Å². The van der Waals surface area contributed by atoms with E-state index in [9.17, 15) is 9.59 Å². The highest BCUT2D eigenvalue weighted by Crippen LogP contribution is 2.28. The Hall–Kier alpha value is -2.69. The molecule has 0 saturated heterocycles. The number of carbonyl (C=O) groups is 2. The van der Waals surface area contributed by atoms with Gasteiger partial charge in [-0.25, -0.2) is 0 Å². The Bertz CT molecular complexity index is 786. The van der Waals surface area contributed by atoms with Gasteiger partial charge in [-0.3, -0.25) is 14.6 Å². The van der Waals surface area contributed by atoms with E-state index in [4.69, 9.17) is 0 Å². The average Bonchev–Trinajstić information content (AvgIpc) is 3.05. The van der Waals surface area contributed by atoms with Gasteiger partial charge in [-0.2, -0.15) is 0 Å². The number of nitrogens with zero attached hydrogens (tertiary/aromatic N) is 2. The summed E-state index contributed by atoms with van der Waals surface area (Å²) in [4.78, 5) is 30.9. The van der Waals surface area contributed by atoms with E-state index in [1.807, 2.05) is 24.3 Å². The van der Waals surface area contributed by atoms with Gasteiger partial charge in [0.1, 0.15) is 0 Å². The highest BCUT2D eigenvalue weighted by atomic mass is 16.2. The molecule has 0 atom stereocenters. The van der Waals surface area contributed by atoms with E-state index in [1.165, 1.54) is 18.0 Å². The number of carbonyl (C=O) groups excluding carboxylic acids is 2. The molecule has 0 unspecified atom stereocenters. The number of aromatic nitrogens is 1. The van der Waals surface area contributed by atoms with Crippen LogP contribution in [0.5, 0.6) is 0 Å². The Kier molecular flexibility index (Phi) is 5.12. The molecule has 25 heavy (non-hydrogen) atoms. The zero-order valence-electron chi connectivity index (χ0n) is 14.7. The lowest BCUT2D eigenvalue weighted by Gasteiger charge is -2.17. The Balaban J connectivity index is 1.73. The molecule has 0 radical (unpaired) electrons. The molecule has 3 rings (SSSR count). The molecule has 2 amide bonds. The summed E-state index contributed by atoms with van der Waals surface area (Å²) in [5, 5.41) is 2.88. The van der Waals surface area contributed by atoms with Crippen molar-refractivity contribution in [2.75, 3.05) is 18.0 Å². The van der Waals surface area contributed by atoms with Crippen molar-refractivity contribution >= 4 is 17.5 Å². The van der Waals surface area contributed by atoms with Gasteiger partial charge in [0.2, 0.25) is 0 Å². The van der Waals surface area contributed by atoms with Crippen LogP contribution in [0.4, 0.5) is 5.69 Å². The summed E-state index contributed by atoms with van der Waals surface area (Å²) in [5.41, 5.74) is 2.97. The molecule has 1 aromatic carbocycles. The first-order valence-electron chi connectivity index (χ1n) is 8.69. The number of nitrogens with one attached hydrogen (secondary N) is 1. The van der Waals surface area contributed by atoms with E-state index in [0.29, 0.717) is 30.1 Å². The zero-order chi connectivity index (χ0) is 17.8. The van der Waals surface area contributed by atoms with Crippen molar-refractivity contribution in [2.45, 2.75) is 26.7 Å². The van der Waals surface area contributed by atoms with Crippen molar-refractivity contribution in [1.29, 1.82) is 0 Å². The molecular formula is C20H23N3O2. The lowest BCUT2D eigenvalue weighted by molar-refractivity contribution is 0.0951. The maximum Gasteiger partial charge on any atom is 0.259 e. The van der Waals surface area contributed by atoms with Crippen LogP contribution in [-0.4, -0.2) is 29.9 Å².